The van der Waals surface area contributed by atoms with Gasteiger partial charge in [-0.1, -0.05) is 32.0 Å². The number of rotatable bonds is 2. The quantitative estimate of drug-likeness (QED) is 0.676. The van der Waals surface area contributed by atoms with Crippen molar-refractivity contribution in [3.05, 3.63) is 41.1 Å². The molecular formula is C20H23N3O3S. The highest BCUT2D eigenvalue weighted by Crippen LogP contribution is 2.48. The van der Waals surface area contributed by atoms with Crippen molar-refractivity contribution in [3.8, 4) is 5.75 Å². The van der Waals surface area contributed by atoms with Crippen LogP contribution in [0.3, 0.4) is 0 Å². The number of hydrogen-bond donors (Lipinski definition) is 3. The molecule has 0 saturated carbocycles. The number of benzene rings is 1. The van der Waals surface area contributed by atoms with Crippen molar-refractivity contribution >= 4 is 29.0 Å². The molecule has 3 N–H and O–H groups in total. The summed E-state index contributed by atoms with van der Waals surface area (Å²) in [5, 5.41) is 9.58. The molecule has 1 aromatic carbocycles. The van der Waals surface area contributed by atoms with Gasteiger partial charge in [-0.3, -0.25) is 9.59 Å². The average Bonchev–Trinajstić information content (AvgIpc) is 2.58. The monoisotopic (exact) mass is 385 g/mol. The van der Waals surface area contributed by atoms with E-state index in [1.807, 2.05) is 24.3 Å². The van der Waals surface area contributed by atoms with E-state index in [9.17, 15) is 9.59 Å². The summed E-state index contributed by atoms with van der Waals surface area (Å²) in [4.78, 5) is 26.0. The van der Waals surface area contributed by atoms with E-state index in [1.54, 1.807) is 7.11 Å². The normalized spacial score (nSPS) is 29.1. The van der Waals surface area contributed by atoms with E-state index < -0.39 is 5.92 Å². The van der Waals surface area contributed by atoms with Crippen molar-refractivity contribution in [3.63, 3.8) is 0 Å². The third-order valence-corrected chi connectivity index (χ3v) is 5.80. The Balaban J connectivity index is 1.91. The highest BCUT2D eigenvalue weighted by molar-refractivity contribution is 7.80. The van der Waals surface area contributed by atoms with Crippen LogP contribution in [-0.2, 0) is 9.59 Å². The number of amides is 1. The minimum absolute atomic E-state index is 0.0871. The molecule has 1 aliphatic carbocycles. The van der Waals surface area contributed by atoms with Gasteiger partial charge in [0.05, 0.1) is 13.0 Å². The Morgan fingerprint density at radius 1 is 1.15 bits per heavy atom. The molecule has 0 spiro atoms. The number of ketones is 1. The van der Waals surface area contributed by atoms with Gasteiger partial charge in [0.2, 0.25) is 5.91 Å². The largest absolute Gasteiger partial charge is 0.496 e. The summed E-state index contributed by atoms with van der Waals surface area (Å²) in [6.45, 7) is 4.18. The first kappa shape index (κ1) is 18.0. The van der Waals surface area contributed by atoms with Crippen LogP contribution in [0.25, 0.3) is 0 Å². The molecule has 3 aliphatic rings. The number of carbonyl (C=O) groups excluding carboxylic acids is 2. The van der Waals surface area contributed by atoms with E-state index in [0.717, 1.165) is 17.7 Å². The number of thiocarbonyl (C=S) groups is 1. The van der Waals surface area contributed by atoms with Crippen LogP contribution in [0.2, 0.25) is 0 Å². The number of methoxy groups -OCH3 is 1. The van der Waals surface area contributed by atoms with Gasteiger partial charge in [0.15, 0.2) is 10.9 Å². The number of carbonyl (C=O) groups is 2. The van der Waals surface area contributed by atoms with Crippen molar-refractivity contribution in [2.75, 3.05) is 7.11 Å². The molecule has 2 aliphatic heterocycles. The van der Waals surface area contributed by atoms with E-state index in [1.165, 1.54) is 0 Å². The Morgan fingerprint density at radius 3 is 2.63 bits per heavy atom. The van der Waals surface area contributed by atoms with Gasteiger partial charge in [0.25, 0.3) is 0 Å². The lowest BCUT2D eigenvalue weighted by Crippen LogP contribution is -2.66. The fourth-order valence-corrected chi connectivity index (χ4v) is 4.77. The maximum absolute atomic E-state index is 13.2. The third kappa shape index (κ3) is 3.00. The fourth-order valence-electron chi connectivity index (χ4n) is 4.55. The van der Waals surface area contributed by atoms with Gasteiger partial charge < -0.3 is 20.7 Å². The van der Waals surface area contributed by atoms with Crippen LogP contribution in [0, 0.1) is 11.3 Å². The second kappa shape index (κ2) is 6.34. The lowest BCUT2D eigenvalue weighted by atomic mass is 9.66. The maximum Gasteiger partial charge on any atom is 0.234 e. The zero-order valence-electron chi connectivity index (χ0n) is 15.6. The number of fused-ring (bicyclic) bond motifs is 1. The molecule has 1 saturated heterocycles. The topological polar surface area (TPSA) is 79.5 Å². The number of ether oxygens (including phenoxy) is 1. The molecule has 3 unspecified atom stereocenters. The molecule has 0 radical (unpaired) electrons. The molecule has 6 nitrogen and oxygen atoms in total. The van der Waals surface area contributed by atoms with Crippen LogP contribution < -0.4 is 20.7 Å². The van der Waals surface area contributed by atoms with Crippen molar-refractivity contribution in [2.45, 2.75) is 38.8 Å². The minimum Gasteiger partial charge on any atom is -0.496 e. The first-order chi connectivity index (χ1) is 12.8. The van der Waals surface area contributed by atoms with Crippen LogP contribution in [-0.4, -0.2) is 30.1 Å². The lowest BCUT2D eigenvalue weighted by molar-refractivity contribution is -0.127. The second-order valence-electron chi connectivity index (χ2n) is 8.16. The van der Waals surface area contributed by atoms with Crippen LogP contribution in [0.1, 0.15) is 38.2 Å². The van der Waals surface area contributed by atoms with Crippen LogP contribution in [0.15, 0.2) is 35.5 Å². The molecule has 7 heteroatoms. The molecule has 1 amide bonds. The van der Waals surface area contributed by atoms with Crippen LogP contribution in [0.5, 0.6) is 5.75 Å². The molecule has 3 atom stereocenters. The molecule has 0 aromatic heterocycles. The fraction of sp³-hybridized carbons (Fsp3) is 0.450. The third-order valence-electron chi connectivity index (χ3n) is 5.58. The Hall–Kier alpha value is -2.41. The predicted molar refractivity (Wildman–Crippen MR) is 105 cm³/mol. The Labute approximate surface area is 163 Å². The van der Waals surface area contributed by atoms with Gasteiger partial charge in [0, 0.05) is 29.2 Å². The SMILES string of the molecule is COc1ccccc1C1C2=C(CC(C)(C)CC2=O)NC2NC(=S)NC(=O)C21. The highest BCUT2D eigenvalue weighted by Gasteiger charge is 2.50. The first-order valence-electron chi connectivity index (χ1n) is 9.08. The first-order valence-corrected chi connectivity index (χ1v) is 9.48. The highest BCUT2D eigenvalue weighted by atomic mass is 32.1. The lowest BCUT2D eigenvalue weighted by Gasteiger charge is -2.47. The summed E-state index contributed by atoms with van der Waals surface area (Å²) >= 11 is 5.18. The molecule has 1 aromatic rings. The van der Waals surface area contributed by atoms with Crippen molar-refractivity contribution in [1.29, 1.82) is 0 Å². The maximum atomic E-state index is 13.2. The second-order valence-corrected chi connectivity index (χ2v) is 8.57. The van der Waals surface area contributed by atoms with Gasteiger partial charge in [-0.15, -0.1) is 0 Å². The number of hydrogen-bond acceptors (Lipinski definition) is 5. The average molecular weight is 385 g/mol. The summed E-state index contributed by atoms with van der Waals surface area (Å²) < 4.78 is 5.56. The molecule has 27 heavy (non-hydrogen) atoms. The standard InChI is InChI=1S/C20H23N3O3S/c1-20(2)8-11-15(12(24)9-20)14(10-6-4-5-7-13(10)26-3)16-17(21-11)22-19(27)23-18(16)25/h4-7,14,16-17,21H,8-9H2,1-3H3,(H2,22,23,25,27). The smallest absolute Gasteiger partial charge is 0.234 e. The van der Waals surface area contributed by atoms with Crippen molar-refractivity contribution in [2.24, 2.45) is 11.3 Å². The van der Waals surface area contributed by atoms with E-state index in [-0.39, 0.29) is 29.2 Å². The van der Waals surface area contributed by atoms with Crippen LogP contribution >= 0.6 is 12.2 Å². The molecule has 0 bridgehead atoms. The summed E-state index contributed by atoms with van der Waals surface area (Å²) in [5.74, 6) is -0.313. The molecule has 2 heterocycles. The van der Waals surface area contributed by atoms with Crippen molar-refractivity contribution < 1.29 is 14.3 Å². The molecule has 4 rings (SSSR count). The zero-order valence-corrected chi connectivity index (χ0v) is 16.4. The van der Waals surface area contributed by atoms with Gasteiger partial charge in [-0.25, -0.2) is 0 Å². The summed E-state index contributed by atoms with van der Waals surface area (Å²) in [6, 6.07) is 7.59. The molecule has 1 fully saturated rings. The Kier molecular flexibility index (Phi) is 4.22. The number of para-hydroxylation sites is 1. The number of Topliss-reactive ketones (excluding diaryl/α,β-unsaturated/α-hetero) is 1. The van der Waals surface area contributed by atoms with Gasteiger partial charge in [-0.2, -0.15) is 0 Å². The van der Waals surface area contributed by atoms with E-state index in [4.69, 9.17) is 17.0 Å². The summed E-state index contributed by atoms with van der Waals surface area (Å²) in [7, 11) is 1.60. The van der Waals surface area contributed by atoms with Gasteiger partial charge in [0.1, 0.15) is 11.9 Å². The van der Waals surface area contributed by atoms with E-state index in [0.29, 0.717) is 22.9 Å². The summed E-state index contributed by atoms with van der Waals surface area (Å²) in [6.07, 6.45) is 0.852. The Bertz CT molecular complexity index is 877. The summed E-state index contributed by atoms with van der Waals surface area (Å²) in [5.41, 5.74) is 2.32. The molecular weight excluding hydrogens is 362 g/mol. The molecule has 142 valence electrons. The number of allylic oxidation sites excluding steroid dienone is 2. The van der Waals surface area contributed by atoms with Gasteiger partial charge >= 0.3 is 0 Å². The Morgan fingerprint density at radius 2 is 1.89 bits per heavy atom. The van der Waals surface area contributed by atoms with E-state index in [2.05, 4.69) is 29.8 Å². The predicted octanol–water partition coefficient (Wildman–Crippen LogP) is 1.97. The minimum atomic E-state index is -0.503. The van der Waals surface area contributed by atoms with E-state index >= 15 is 0 Å². The van der Waals surface area contributed by atoms with Crippen molar-refractivity contribution in [1.82, 2.24) is 16.0 Å². The van der Waals surface area contributed by atoms with Gasteiger partial charge in [-0.05, 0) is 30.1 Å². The number of nitrogens with one attached hydrogen (secondary N) is 3. The van der Waals surface area contributed by atoms with Crippen LogP contribution in [0.4, 0.5) is 0 Å². The zero-order chi connectivity index (χ0) is 19.3.